The molecule has 1 amide bonds. The second-order valence-corrected chi connectivity index (χ2v) is 5.25. The van der Waals surface area contributed by atoms with Gasteiger partial charge in [0, 0.05) is 18.9 Å². The van der Waals surface area contributed by atoms with Gasteiger partial charge in [0.25, 0.3) is 0 Å². The summed E-state index contributed by atoms with van der Waals surface area (Å²) in [5.74, 6) is -0.0163. The molecule has 1 aliphatic carbocycles. The van der Waals surface area contributed by atoms with Crippen LogP contribution in [0.15, 0.2) is 24.3 Å². The van der Waals surface area contributed by atoms with E-state index in [-0.39, 0.29) is 24.2 Å². The van der Waals surface area contributed by atoms with Gasteiger partial charge in [-0.1, -0.05) is 12.1 Å². The molecule has 0 unspecified atom stereocenters. The third-order valence-electron chi connectivity index (χ3n) is 3.55. The van der Waals surface area contributed by atoms with E-state index >= 15 is 0 Å². The van der Waals surface area contributed by atoms with E-state index in [0.29, 0.717) is 31.2 Å². The monoisotopic (exact) mass is 299 g/mol. The van der Waals surface area contributed by atoms with Gasteiger partial charge in [-0.2, -0.15) is 13.2 Å². The first-order valence-corrected chi connectivity index (χ1v) is 6.82. The molecule has 0 spiro atoms. The number of amides is 1. The molecular formula is C15H16F3NO2. The van der Waals surface area contributed by atoms with E-state index in [1.165, 1.54) is 12.1 Å². The molecule has 0 heterocycles. The van der Waals surface area contributed by atoms with E-state index in [1.54, 1.807) is 0 Å². The Morgan fingerprint density at radius 2 is 1.71 bits per heavy atom. The van der Waals surface area contributed by atoms with Crippen molar-refractivity contribution in [1.82, 2.24) is 5.32 Å². The highest BCUT2D eigenvalue weighted by molar-refractivity contribution is 5.81. The third-order valence-corrected chi connectivity index (χ3v) is 3.55. The van der Waals surface area contributed by atoms with Crippen LogP contribution in [-0.2, 0) is 22.2 Å². The van der Waals surface area contributed by atoms with Gasteiger partial charge in [-0.25, -0.2) is 0 Å². The molecule has 0 bridgehead atoms. The van der Waals surface area contributed by atoms with Crippen LogP contribution in [0, 0.1) is 0 Å². The van der Waals surface area contributed by atoms with E-state index in [1.807, 2.05) is 0 Å². The molecule has 1 saturated carbocycles. The van der Waals surface area contributed by atoms with E-state index in [2.05, 4.69) is 5.32 Å². The minimum absolute atomic E-state index is 0.00958. The third kappa shape index (κ3) is 4.58. The van der Waals surface area contributed by atoms with Gasteiger partial charge in [0.05, 0.1) is 12.0 Å². The first-order chi connectivity index (χ1) is 9.84. The molecule has 1 fully saturated rings. The lowest BCUT2D eigenvalue weighted by molar-refractivity contribution is -0.137. The zero-order chi connectivity index (χ0) is 15.5. The van der Waals surface area contributed by atoms with Crippen LogP contribution in [0.1, 0.15) is 36.8 Å². The maximum Gasteiger partial charge on any atom is 0.416 e. The molecule has 21 heavy (non-hydrogen) atoms. The molecule has 114 valence electrons. The molecule has 0 aromatic heterocycles. The lowest BCUT2D eigenvalue weighted by Gasteiger charge is -2.22. The van der Waals surface area contributed by atoms with Crippen LogP contribution in [0.4, 0.5) is 13.2 Å². The molecule has 1 aliphatic rings. The van der Waals surface area contributed by atoms with Crippen LogP contribution in [-0.4, -0.2) is 17.7 Å². The first-order valence-electron chi connectivity index (χ1n) is 6.82. The van der Waals surface area contributed by atoms with Crippen molar-refractivity contribution < 1.29 is 22.8 Å². The highest BCUT2D eigenvalue weighted by Crippen LogP contribution is 2.29. The van der Waals surface area contributed by atoms with Crippen LogP contribution in [0.5, 0.6) is 0 Å². The number of carbonyl (C=O) groups is 2. The van der Waals surface area contributed by atoms with Gasteiger partial charge in [-0.05, 0) is 30.5 Å². The zero-order valence-electron chi connectivity index (χ0n) is 11.4. The summed E-state index contributed by atoms with van der Waals surface area (Å²) in [6.45, 7) is 0. The average Bonchev–Trinajstić information content (AvgIpc) is 2.41. The Morgan fingerprint density at radius 1 is 1.14 bits per heavy atom. The number of Topliss-reactive ketones (excluding diaryl/α,β-unsaturated/α-hetero) is 1. The Morgan fingerprint density at radius 3 is 2.24 bits per heavy atom. The fraction of sp³-hybridized carbons (Fsp3) is 0.467. The number of rotatable bonds is 3. The molecule has 1 aromatic rings. The van der Waals surface area contributed by atoms with Gasteiger partial charge in [0.1, 0.15) is 5.78 Å². The van der Waals surface area contributed by atoms with Crippen LogP contribution in [0.25, 0.3) is 0 Å². The van der Waals surface area contributed by atoms with Gasteiger partial charge in [0.15, 0.2) is 0 Å². The fourth-order valence-corrected chi connectivity index (χ4v) is 2.36. The lowest BCUT2D eigenvalue weighted by atomic mass is 9.94. The predicted molar refractivity (Wildman–Crippen MR) is 70.6 cm³/mol. The Balaban J connectivity index is 1.86. The molecule has 3 nitrogen and oxygen atoms in total. The average molecular weight is 299 g/mol. The van der Waals surface area contributed by atoms with E-state index in [0.717, 1.165) is 12.1 Å². The van der Waals surface area contributed by atoms with Gasteiger partial charge >= 0.3 is 6.18 Å². The first kappa shape index (κ1) is 15.5. The molecule has 2 rings (SSSR count). The number of ketones is 1. The SMILES string of the molecule is O=C1CCC(NC(=O)Cc2ccc(C(F)(F)F)cc2)CC1. The van der Waals surface area contributed by atoms with Crippen molar-refractivity contribution in [1.29, 1.82) is 0 Å². The predicted octanol–water partition coefficient (Wildman–Crippen LogP) is 2.88. The van der Waals surface area contributed by atoms with E-state index < -0.39 is 11.7 Å². The van der Waals surface area contributed by atoms with Crippen molar-refractivity contribution in [2.45, 2.75) is 44.3 Å². The number of carbonyl (C=O) groups excluding carboxylic acids is 2. The molecule has 1 N–H and O–H groups in total. The smallest absolute Gasteiger partial charge is 0.353 e. The Kier molecular flexibility index (Phi) is 4.65. The van der Waals surface area contributed by atoms with Crippen molar-refractivity contribution in [3.8, 4) is 0 Å². The Bertz CT molecular complexity index is 513. The highest BCUT2D eigenvalue weighted by Gasteiger charge is 2.30. The number of halogens is 3. The quantitative estimate of drug-likeness (QED) is 0.933. The number of hydrogen-bond acceptors (Lipinski definition) is 2. The van der Waals surface area contributed by atoms with Gasteiger partial charge < -0.3 is 5.32 Å². The molecule has 0 atom stereocenters. The fourth-order valence-electron chi connectivity index (χ4n) is 2.36. The summed E-state index contributed by atoms with van der Waals surface area (Å²) in [6, 6.07) is 4.56. The summed E-state index contributed by atoms with van der Waals surface area (Å²) in [5, 5.41) is 2.82. The van der Waals surface area contributed by atoms with Crippen LogP contribution in [0.2, 0.25) is 0 Å². The standard InChI is InChI=1S/C15H16F3NO2/c16-15(17,18)11-3-1-10(2-4-11)9-14(21)19-12-5-7-13(20)8-6-12/h1-4,12H,5-9H2,(H,19,21). The van der Waals surface area contributed by atoms with E-state index in [9.17, 15) is 22.8 Å². The zero-order valence-corrected chi connectivity index (χ0v) is 11.4. The second-order valence-electron chi connectivity index (χ2n) is 5.25. The van der Waals surface area contributed by atoms with Crippen molar-refractivity contribution in [3.05, 3.63) is 35.4 Å². The number of alkyl halides is 3. The van der Waals surface area contributed by atoms with Crippen LogP contribution < -0.4 is 5.32 Å². The molecule has 0 saturated heterocycles. The number of benzene rings is 1. The van der Waals surface area contributed by atoms with Crippen LogP contribution >= 0.6 is 0 Å². The van der Waals surface area contributed by atoms with Crippen molar-refractivity contribution >= 4 is 11.7 Å². The molecular weight excluding hydrogens is 283 g/mol. The topological polar surface area (TPSA) is 46.2 Å². The lowest BCUT2D eigenvalue weighted by Crippen LogP contribution is -2.38. The summed E-state index contributed by atoms with van der Waals surface area (Å²) >= 11 is 0. The summed E-state index contributed by atoms with van der Waals surface area (Å²) < 4.78 is 37.2. The summed E-state index contributed by atoms with van der Waals surface area (Å²) in [7, 11) is 0. The van der Waals surface area contributed by atoms with Gasteiger partial charge in [-0.3, -0.25) is 9.59 Å². The number of nitrogens with one attached hydrogen (secondary N) is 1. The molecule has 0 aliphatic heterocycles. The number of hydrogen-bond donors (Lipinski definition) is 1. The minimum Gasteiger partial charge on any atom is -0.353 e. The van der Waals surface area contributed by atoms with Gasteiger partial charge in [-0.15, -0.1) is 0 Å². The van der Waals surface area contributed by atoms with Crippen molar-refractivity contribution in [2.75, 3.05) is 0 Å². The van der Waals surface area contributed by atoms with Crippen molar-refractivity contribution in [3.63, 3.8) is 0 Å². The normalized spacial score (nSPS) is 16.8. The minimum atomic E-state index is -4.37. The Labute approximate surface area is 120 Å². The summed E-state index contributed by atoms with van der Waals surface area (Å²) in [6.07, 6.45) is -2.09. The van der Waals surface area contributed by atoms with Gasteiger partial charge in [0.2, 0.25) is 5.91 Å². The maximum absolute atomic E-state index is 12.4. The van der Waals surface area contributed by atoms with Crippen molar-refractivity contribution in [2.24, 2.45) is 0 Å². The summed E-state index contributed by atoms with van der Waals surface area (Å²) in [4.78, 5) is 22.9. The van der Waals surface area contributed by atoms with E-state index in [4.69, 9.17) is 0 Å². The largest absolute Gasteiger partial charge is 0.416 e. The Hall–Kier alpha value is -1.85. The highest BCUT2D eigenvalue weighted by atomic mass is 19.4. The molecule has 1 aromatic carbocycles. The molecule has 0 radical (unpaired) electrons. The second kappa shape index (κ2) is 6.28. The van der Waals surface area contributed by atoms with Crippen LogP contribution in [0.3, 0.4) is 0 Å². The summed E-state index contributed by atoms with van der Waals surface area (Å²) in [5.41, 5.74) is -0.190. The molecule has 6 heteroatoms. The maximum atomic E-state index is 12.4.